The van der Waals surface area contributed by atoms with Gasteiger partial charge in [-0.05, 0) is 13.8 Å². The van der Waals surface area contributed by atoms with Crippen molar-refractivity contribution in [2.45, 2.75) is 19.9 Å². The number of H-pyrrole nitrogens is 1. The number of anilines is 1. The highest BCUT2D eigenvalue weighted by atomic mass is 15.1. The molecular weight excluding hydrogens is 166 g/mol. The van der Waals surface area contributed by atoms with Crippen LogP contribution in [0.15, 0.2) is 12.7 Å². The first kappa shape index (κ1) is 7.97. The molecular formula is C8H11N5. The van der Waals surface area contributed by atoms with E-state index in [1.54, 1.807) is 6.33 Å². The van der Waals surface area contributed by atoms with Gasteiger partial charge in [-0.1, -0.05) is 0 Å². The monoisotopic (exact) mass is 177 g/mol. The number of imidazole rings is 1. The van der Waals surface area contributed by atoms with Crippen molar-refractivity contribution in [3.63, 3.8) is 0 Å². The van der Waals surface area contributed by atoms with Crippen molar-refractivity contribution in [2.75, 3.05) is 5.32 Å². The van der Waals surface area contributed by atoms with Gasteiger partial charge in [0, 0.05) is 6.04 Å². The molecule has 0 saturated carbocycles. The zero-order valence-corrected chi connectivity index (χ0v) is 7.57. The molecule has 0 atom stereocenters. The molecule has 2 aromatic rings. The Morgan fingerprint density at radius 3 is 2.92 bits per heavy atom. The maximum Gasteiger partial charge on any atom is 0.182 e. The van der Waals surface area contributed by atoms with Gasteiger partial charge in [0.25, 0.3) is 0 Å². The van der Waals surface area contributed by atoms with Crippen molar-refractivity contribution in [1.82, 2.24) is 19.9 Å². The molecule has 13 heavy (non-hydrogen) atoms. The van der Waals surface area contributed by atoms with Crippen LogP contribution in [0.2, 0.25) is 0 Å². The van der Waals surface area contributed by atoms with Gasteiger partial charge in [0.15, 0.2) is 11.5 Å². The highest BCUT2D eigenvalue weighted by Crippen LogP contribution is 2.14. The fourth-order valence-corrected chi connectivity index (χ4v) is 1.15. The zero-order chi connectivity index (χ0) is 9.26. The van der Waals surface area contributed by atoms with Gasteiger partial charge >= 0.3 is 0 Å². The van der Waals surface area contributed by atoms with Crippen molar-refractivity contribution < 1.29 is 0 Å². The van der Waals surface area contributed by atoms with E-state index < -0.39 is 0 Å². The lowest BCUT2D eigenvalue weighted by Gasteiger charge is -2.08. The molecule has 0 spiro atoms. The van der Waals surface area contributed by atoms with E-state index >= 15 is 0 Å². The summed E-state index contributed by atoms with van der Waals surface area (Å²) in [6.07, 6.45) is 3.12. The lowest BCUT2D eigenvalue weighted by atomic mass is 10.4. The number of aromatic nitrogens is 4. The van der Waals surface area contributed by atoms with Crippen molar-refractivity contribution >= 4 is 17.0 Å². The number of aromatic amines is 1. The van der Waals surface area contributed by atoms with Gasteiger partial charge in [0.05, 0.1) is 6.33 Å². The first-order valence-corrected chi connectivity index (χ1v) is 4.18. The molecule has 0 aliphatic heterocycles. The second kappa shape index (κ2) is 3.01. The Hall–Kier alpha value is -1.65. The van der Waals surface area contributed by atoms with Crippen molar-refractivity contribution in [3.05, 3.63) is 12.7 Å². The first-order chi connectivity index (χ1) is 6.27. The molecule has 0 saturated heterocycles. The van der Waals surface area contributed by atoms with E-state index in [2.05, 4.69) is 39.1 Å². The molecule has 0 radical (unpaired) electrons. The predicted molar refractivity (Wildman–Crippen MR) is 50.4 cm³/mol. The van der Waals surface area contributed by atoms with Crippen LogP contribution in [0.3, 0.4) is 0 Å². The number of hydrogen-bond acceptors (Lipinski definition) is 4. The molecule has 0 aromatic carbocycles. The van der Waals surface area contributed by atoms with Crippen LogP contribution < -0.4 is 5.32 Å². The second-order valence-corrected chi connectivity index (χ2v) is 3.12. The van der Waals surface area contributed by atoms with Crippen LogP contribution in [0.4, 0.5) is 5.82 Å². The zero-order valence-electron chi connectivity index (χ0n) is 7.57. The minimum atomic E-state index is 0.349. The lowest BCUT2D eigenvalue weighted by Crippen LogP contribution is -2.11. The van der Waals surface area contributed by atoms with E-state index in [1.165, 1.54) is 6.33 Å². The quantitative estimate of drug-likeness (QED) is 0.722. The number of fused-ring (bicyclic) bond motifs is 1. The normalized spacial score (nSPS) is 11.0. The minimum Gasteiger partial charge on any atom is -0.366 e. The van der Waals surface area contributed by atoms with Crippen molar-refractivity contribution in [3.8, 4) is 0 Å². The van der Waals surface area contributed by atoms with Gasteiger partial charge in [0.2, 0.25) is 0 Å². The standard InChI is InChI=1S/C8H11N5/c1-5(2)13-8-6-7(10-3-9-6)11-4-12-8/h3-5H,1-2H3,(H2,9,10,11,12,13). The SMILES string of the molecule is CC(C)Nc1ncnc2nc[nH]c12. The van der Waals surface area contributed by atoms with E-state index in [9.17, 15) is 0 Å². The summed E-state index contributed by atoms with van der Waals surface area (Å²) in [4.78, 5) is 15.2. The topological polar surface area (TPSA) is 66.5 Å². The maximum atomic E-state index is 4.13. The van der Waals surface area contributed by atoms with Crippen molar-refractivity contribution in [1.29, 1.82) is 0 Å². The van der Waals surface area contributed by atoms with E-state index in [0.717, 1.165) is 11.3 Å². The molecule has 5 heteroatoms. The van der Waals surface area contributed by atoms with E-state index in [4.69, 9.17) is 0 Å². The Kier molecular flexibility index (Phi) is 1.84. The van der Waals surface area contributed by atoms with Gasteiger partial charge in [-0.25, -0.2) is 15.0 Å². The molecule has 5 nitrogen and oxygen atoms in total. The third-order valence-corrected chi connectivity index (χ3v) is 1.65. The van der Waals surface area contributed by atoms with E-state index in [1.807, 2.05) is 0 Å². The Bertz CT molecular complexity index is 406. The molecule has 2 heterocycles. The Balaban J connectivity index is 2.48. The van der Waals surface area contributed by atoms with Gasteiger partial charge in [-0.2, -0.15) is 0 Å². The Morgan fingerprint density at radius 1 is 1.31 bits per heavy atom. The maximum absolute atomic E-state index is 4.13. The number of rotatable bonds is 2. The molecule has 0 aliphatic carbocycles. The second-order valence-electron chi connectivity index (χ2n) is 3.12. The summed E-state index contributed by atoms with van der Waals surface area (Å²) < 4.78 is 0. The molecule has 68 valence electrons. The average molecular weight is 177 g/mol. The highest BCUT2D eigenvalue weighted by molar-refractivity contribution is 5.81. The van der Waals surface area contributed by atoms with Crippen LogP contribution in [0.1, 0.15) is 13.8 Å². The molecule has 0 fully saturated rings. The summed E-state index contributed by atoms with van der Waals surface area (Å²) in [5, 5.41) is 3.21. The van der Waals surface area contributed by atoms with Crippen LogP contribution in [-0.2, 0) is 0 Å². The van der Waals surface area contributed by atoms with Gasteiger partial charge in [0.1, 0.15) is 11.8 Å². The highest BCUT2D eigenvalue weighted by Gasteiger charge is 2.05. The molecule has 2 rings (SSSR count). The smallest absolute Gasteiger partial charge is 0.182 e. The average Bonchev–Trinajstić information content (AvgIpc) is 2.51. The van der Waals surface area contributed by atoms with Gasteiger partial charge in [-0.15, -0.1) is 0 Å². The predicted octanol–water partition coefficient (Wildman–Crippen LogP) is 1.17. The summed E-state index contributed by atoms with van der Waals surface area (Å²) in [5.74, 6) is 0.803. The number of hydrogen-bond donors (Lipinski definition) is 2. The molecule has 0 amide bonds. The third-order valence-electron chi connectivity index (χ3n) is 1.65. The number of nitrogens with one attached hydrogen (secondary N) is 2. The molecule has 0 unspecified atom stereocenters. The summed E-state index contributed by atoms with van der Waals surface area (Å²) >= 11 is 0. The lowest BCUT2D eigenvalue weighted by molar-refractivity contribution is 0.889. The van der Waals surface area contributed by atoms with Crippen LogP contribution in [0, 0.1) is 0 Å². The van der Waals surface area contributed by atoms with Gasteiger partial charge < -0.3 is 10.3 Å². The summed E-state index contributed by atoms with van der Waals surface area (Å²) in [6, 6.07) is 0.349. The minimum absolute atomic E-state index is 0.349. The summed E-state index contributed by atoms with van der Waals surface area (Å²) in [7, 11) is 0. The Morgan fingerprint density at radius 2 is 2.15 bits per heavy atom. The molecule has 2 N–H and O–H groups in total. The summed E-state index contributed by atoms with van der Waals surface area (Å²) in [6.45, 7) is 4.12. The number of nitrogens with zero attached hydrogens (tertiary/aromatic N) is 3. The fourth-order valence-electron chi connectivity index (χ4n) is 1.15. The van der Waals surface area contributed by atoms with E-state index in [0.29, 0.717) is 11.7 Å². The third kappa shape index (κ3) is 1.44. The largest absolute Gasteiger partial charge is 0.366 e. The van der Waals surface area contributed by atoms with Crippen LogP contribution in [0.25, 0.3) is 11.2 Å². The van der Waals surface area contributed by atoms with Crippen molar-refractivity contribution in [2.24, 2.45) is 0 Å². The van der Waals surface area contributed by atoms with Crippen LogP contribution in [-0.4, -0.2) is 26.0 Å². The molecule has 0 aliphatic rings. The van der Waals surface area contributed by atoms with Crippen LogP contribution >= 0.6 is 0 Å². The Labute approximate surface area is 75.6 Å². The molecule has 2 aromatic heterocycles. The summed E-state index contributed by atoms with van der Waals surface area (Å²) in [5.41, 5.74) is 1.55. The fraction of sp³-hybridized carbons (Fsp3) is 0.375. The van der Waals surface area contributed by atoms with Gasteiger partial charge in [-0.3, -0.25) is 0 Å². The molecule has 0 bridgehead atoms. The first-order valence-electron chi connectivity index (χ1n) is 4.18. The van der Waals surface area contributed by atoms with Crippen LogP contribution in [0.5, 0.6) is 0 Å². The van der Waals surface area contributed by atoms with E-state index in [-0.39, 0.29) is 0 Å².